The Morgan fingerprint density at radius 1 is 0.307 bits per heavy atom. The lowest BCUT2D eigenvalue weighted by molar-refractivity contribution is -0.161. The van der Waals surface area contributed by atoms with E-state index in [0.29, 0.717) is 31.6 Å². The normalized spacial score (nSPS) is 14.2. The summed E-state index contributed by atoms with van der Waals surface area (Å²) < 4.78 is 68.2. The largest absolute Gasteiger partial charge is 0.472 e. The van der Waals surface area contributed by atoms with E-state index in [0.717, 1.165) is 102 Å². The van der Waals surface area contributed by atoms with Gasteiger partial charge in [-0.25, -0.2) is 9.13 Å². The second kappa shape index (κ2) is 61.3. The number of unbranched alkanes of at least 4 members (excludes halogenated alkanes) is 38. The SMILES string of the molecule is CCCCCCCCCCCCCCCC(=O)OC[C@H](COP(=O)(O)OC[C@@H](O)COP(=O)(O)OC[C@@H](COC(=O)CCCCCCCCC(C)C)OC(=O)CCCCCCCCCCCCCCC)OC(=O)CCCCCCCCCCCCC(C)C. The van der Waals surface area contributed by atoms with Gasteiger partial charge in [0, 0.05) is 25.7 Å². The highest BCUT2D eigenvalue weighted by molar-refractivity contribution is 7.47. The smallest absolute Gasteiger partial charge is 0.462 e. The summed E-state index contributed by atoms with van der Waals surface area (Å²) in [5, 5.41) is 10.6. The lowest BCUT2D eigenvalue weighted by atomic mass is 10.0. The fourth-order valence-electron chi connectivity index (χ4n) is 10.4. The molecule has 0 saturated carbocycles. The van der Waals surface area contributed by atoms with Crippen molar-refractivity contribution in [3.05, 3.63) is 0 Å². The fourth-order valence-corrected chi connectivity index (χ4v) is 12.0. The van der Waals surface area contributed by atoms with E-state index in [1.165, 1.54) is 161 Å². The maximum absolute atomic E-state index is 13.0. The van der Waals surface area contributed by atoms with Crippen molar-refractivity contribution in [1.82, 2.24) is 0 Å². The summed E-state index contributed by atoms with van der Waals surface area (Å²) >= 11 is 0. The first kappa shape index (κ1) is 86.1. The zero-order chi connectivity index (χ0) is 65.0. The van der Waals surface area contributed by atoms with E-state index in [4.69, 9.17) is 37.0 Å². The minimum Gasteiger partial charge on any atom is -0.462 e. The monoisotopic (exact) mass is 1300 g/mol. The molecule has 0 aromatic heterocycles. The zero-order valence-corrected chi connectivity index (χ0v) is 58.8. The Morgan fingerprint density at radius 2 is 0.523 bits per heavy atom. The van der Waals surface area contributed by atoms with Crippen LogP contribution in [0.3, 0.4) is 0 Å². The van der Waals surface area contributed by atoms with Crippen LogP contribution in [0.2, 0.25) is 0 Å². The summed E-state index contributed by atoms with van der Waals surface area (Å²) in [6, 6.07) is 0. The first-order valence-electron chi connectivity index (χ1n) is 36.0. The Bertz CT molecular complexity index is 1720. The molecule has 0 aliphatic heterocycles. The van der Waals surface area contributed by atoms with Gasteiger partial charge in [0.15, 0.2) is 12.2 Å². The summed E-state index contributed by atoms with van der Waals surface area (Å²) in [6.45, 7) is 9.45. The van der Waals surface area contributed by atoms with Crippen molar-refractivity contribution in [2.75, 3.05) is 39.6 Å². The van der Waals surface area contributed by atoms with Gasteiger partial charge in [0.25, 0.3) is 0 Å². The van der Waals surface area contributed by atoms with E-state index in [-0.39, 0.29) is 25.7 Å². The Morgan fingerprint density at radius 3 is 0.773 bits per heavy atom. The molecule has 19 heteroatoms. The number of rotatable bonds is 68. The van der Waals surface area contributed by atoms with Crippen LogP contribution in [0.15, 0.2) is 0 Å². The number of phosphoric ester groups is 2. The molecule has 0 aromatic rings. The molecule has 17 nitrogen and oxygen atoms in total. The highest BCUT2D eigenvalue weighted by Gasteiger charge is 2.30. The van der Waals surface area contributed by atoms with Gasteiger partial charge in [-0.3, -0.25) is 37.3 Å². The van der Waals surface area contributed by atoms with Crippen LogP contribution in [-0.4, -0.2) is 96.7 Å². The third-order valence-corrected chi connectivity index (χ3v) is 17.9. The molecule has 522 valence electrons. The molecule has 0 aromatic carbocycles. The first-order chi connectivity index (χ1) is 42.4. The van der Waals surface area contributed by atoms with Gasteiger partial charge >= 0.3 is 39.5 Å². The van der Waals surface area contributed by atoms with Gasteiger partial charge < -0.3 is 33.8 Å². The third kappa shape index (κ3) is 62.8. The molecule has 0 aliphatic rings. The number of aliphatic hydroxyl groups excluding tert-OH is 1. The lowest BCUT2D eigenvalue weighted by Gasteiger charge is -2.21. The van der Waals surface area contributed by atoms with Gasteiger partial charge in [-0.1, -0.05) is 298 Å². The van der Waals surface area contributed by atoms with Gasteiger partial charge in [-0.2, -0.15) is 0 Å². The molecule has 0 rings (SSSR count). The van der Waals surface area contributed by atoms with Crippen molar-refractivity contribution in [2.45, 2.75) is 368 Å². The third-order valence-electron chi connectivity index (χ3n) is 16.0. The maximum atomic E-state index is 13.0. The number of aliphatic hydroxyl groups is 1. The number of esters is 4. The van der Waals surface area contributed by atoms with Crippen molar-refractivity contribution in [3.8, 4) is 0 Å². The van der Waals surface area contributed by atoms with Crippen LogP contribution in [0.25, 0.3) is 0 Å². The summed E-state index contributed by atoms with van der Waals surface area (Å²) in [5.41, 5.74) is 0. The number of phosphoric acid groups is 2. The van der Waals surface area contributed by atoms with E-state index < -0.39 is 97.5 Å². The highest BCUT2D eigenvalue weighted by Crippen LogP contribution is 2.45. The number of carbonyl (C=O) groups is 4. The predicted molar refractivity (Wildman–Crippen MR) is 354 cm³/mol. The molecular formula is C69H134O17P2. The Kier molecular flexibility index (Phi) is 59.9. The van der Waals surface area contributed by atoms with E-state index in [2.05, 4.69) is 41.5 Å². The molecular weight excluding hydrogens is 1160 g/mol. The summed E-state index contributed by atoms with van der Waals surface area (Å²) in [6.07, 6.45) is 45.8. The van der Waals surface area contributed by atoms with Gasteiger partial charge in [0.05, 0.1) is 26.4 Å². The molecule has 5 atom stereocenters. The molecule has 0 aliphatic carbocycles. The van der Waals surface area contributed by atoms with E-state index >= 15 is 0 Å². The summed E-state index contributed by atoms with van der Waals surface area (Å²) in [4.78, 5) is 72.5. The molecule has 88 heavy (non-hydrogen) atoms. The van der Waals surface area contributed by atoms with E-state index in [9.17, 15) is 43.2 Å². The molecule has 0 radical (unpaired) electrons. The van der Waals surface area contributed by atoms with E-state index in [1.807, 2.05) is 0 Å². The van der Waals surface area contributed by atoms with Crippen LogP contribution < -0.4 is 0 Å². The molecule has 0 amide bonds. The van der Waals surface area contributed by atoms with Gasteiger partial charge in [0.2, 0.25) is 0 Å². The molecule has 2 unspecified atom stereocenters. The van der Waals surface area contributed by atoms with Crippen LogP contribution in [0.1, 0.15) is 350 Å². The van der Waals surface area contributed by atoms with Crippen LogP contribution in [0.4, 0.5) is 0 Å². The molecule has 0 bridgehead atoms. The average molecular weight is 1300 g/mol. The molecule has 3 N–H and O–H groups in total. The Labute approximate surface area is 537 Å². The Balaban J connectivity index is 5.24. The zero-order valence-electron chi connectivity index (χ0n) is 57.0. The Hall–Kier alpha value is -1.94. The topological polar surface area (TPSA) is 237 Å². The number of hydrogen-bond acceptors (Lipinski definition) is 15. The van der Waals surface area contributed by atoms with Crippen molar-refractivity contribution in [3.63, 3.8) is 0 Å². The quantitative estimate of drug-likeness (QED) is 0.0222. The summed E-state index contributed by atoms with van der Waals surface area (Å²) in [5.74, 6) is -0.694. The second-order valence-corrected chi connectivity index (χ2v) is 28.8. The van der Waals surface area contributed by atoms with E-state index in [1.54, 1.807) is 0 Å². The minimum atomic E-state index is -4.95. The van der Waals surface area contributed by atoms with Gasteiger partial charge in [-0.05, 0) is 37.5 Å². The van der Waals surface area contributed by atoms with Gasteiger partial charge in [-0.15, -0.1) is 0 Å². The van der Waals surface area contributed by atoms with Crippen molar-refractivity contribution in [2.24, 2.45) is 11.8 Å². The van der Waals surface area contributed by atoms with Crippen molar-refractivity contribution in [1.29, 1.82) is 0 Å². The predicted octanol–water partition coefficient (Wildman–Crippen LogP) is 19.6. The van der Waals surface area contributed by atoms with Crippen LogP contribution in [0, 0.1) is 11.8 Å². The molecule has 0 fully saturated rings. The van der Waals surface area contributed by atoms with Crippen molar-refractivity contribution < 1.29 is 80.2 Å². The number of hydrogen-bond donors (Lipinski definition) is 3. The molecule has 0 spiro atoms. The maximum Gasteiger partial charge on any atom is 0.472 e. The van der Waals surface area contributed by atoms with Crippen LogP contribution in [-0.2, 0) is 65.4 Å². The minimum absolute atomic E-state index is 0.106. The molecule has 0 saturated heterocycles. The average Bonchev–Trinajstić information content (AvgIpc) is 3.69. The number of carbonyl (C=O) groups excluding carboxylic acids is 4. The molecule has 0 heterocycles. The standard InChI is InChI=1S/C69H134O17P2/c1-7-9-11-13-15-17-19-21-23-28-32-39-45-51-66(71)79-57-64(85-69(74)54-48-42-34-30-26-25-27-31-37-43-49-61(3)4)59-83-87(75,76)81-55-63(70)56-82-88(77,78)84-60-65(58-80-67(72)52-46-40-36-35-38-44-50-62(5)6)86-68(73)53-47-41-33-29-24-22-20-18-16-14-12-10-8-2/h61-65,70H,7-60H2,1-6H3,(H,75,76)(H,77,78)/t63-,64-,65-/m1/s1. The van der Waals surface area contributed by atoms with Crippen LogP contribution >= 0.6 is 15.6 Å². The van der Waals surface area contributed by atoms with Gasteiger partial charge in [0.1, 0.15) is 19.3 Å². The first-order valence-corrected chi connectivity index (χ1v) is 39.0. The fraction of sp³-hybridized carbons (Fsp3) is 0.942. The van der Waals surface area contributed by atoms with Crippen molar-refractivity contribution >= 4 is 39.5 Å². The number of ether oxygens (including phenoxy) is 4. The second-order valence-electron chi connectivity index (χ2n) is 25.9. The van der Waals surface area contributed by atoms with Crippen LogP contribution in [0.5, 0.6) is 0 Å². The highest BCUT2D eigenvalue weighted by atomic mass is 31.2. The summed E-state index contributed by atoms with van der Waals surface area (Å²) in [7, 11) is -9.90. The lowest BCUT2D eigenvalue weighted by Crippen LogP contribution is -2.30.